The Kier molecular flexibility index (Phi) is 3.98. The number of carbonyl (C=O) groups is 1. The van der Waals surface area contributed by atoms with Gasteiger partial charge in [0.1, 0.15) is 5.75 Å². The molecule has 2 unspecified atom stereocenters. The lowest BCUT2D eigenvalue weighted by molar-refractivity contribution is -0.117. The minimum Gasteiger partial charge on any atom is -0.493 e. The Bertz CT molecular complexity index is 772. The molecular formula is C20H22N2O2. The second-order valence-corrected chi connectivity index (χ2v) is 6.76. The molecule has 0 spiro atoms. The van der Waals surface area contributed by atoms with Gasteiger partial charge in [0.25, 0.3) is 0 Å². The van der Waals surface area contributed by atoms with Crippen LogP contribution in [0.4, 0.5) is 5.69 Å². The van der Waals surface area contributed by atoms with Crippen LogP contribution in [-0.2, 0) is 11.2 Å². The number of ether oxygens (including phenoxy) is 1. The highest BCUT2D eigenvalue weighted by Crippen LogP contribution is 2.32. The van der Waals surface area contributed by atoms with Crippen LogP contribution in [0.15, 0.2) is 42.5 Å². The van der Waals surface area contributed by atoms with Gasteiger partial charge < -0.3 is 15.8 Å². The lowest BCUT2D eigenvalue weighted by Gasteiger charge is -2.32. The smallest absolute Gasteiger partial charge is 0.224 e. The van der Waals surface area contributed by atoms with Crippen molar-refractivity contribution in [3.05, 3.63) is 48.0 Å². The fraction of sp³-hybridized carbons (Fsp3) is 0.350. The Labute approximate surface area is 142 Å². The highest BCUT2D eigenvalue weighted by atomic mass is 16.5. The largest absolute Gasteiger partial charge is 0.493 e. The second kappa shape index (κ2) is 6.29. The van der Waals surface area contributed by atoms with E-state index in [1.54, 1.807) is 0 Å². The Morgan fingerprint density at radius 3 is 2.83 bits per heavy atom. The Hall–Kier alpha value is -2.33. The number of anilines is 1. The summed E-state index contributed by atoms with van der Waals surface area (Å²) in [6, 6.07) is 14.5. The maximum atomic E-state index is 12.2. The van der Waals surface area contributed by atoms with Crippen molar-refractivity contribution >= 4 is 11.6 Å². The molecule has 2 aromatic rings. The van der Waals surface area contributed by atoms with E-state index in [0.717, 1.165) is 48.4 Å². The first kappa shape index (κ1) is 15.2. The van der Waals surface area contributed by atoms with Gasteiger partial charge in [-0.1, -0.05) is 18.2 Å². The Morgan fingerprint density at radius 2 is 2.04 bits per heavy atom. The van der Waals surface area contributed by atoms with Crippen LogP contribution in [0.2, 0.25) is 0 Å². The van der Waals surface area contributed by atoms with Gasteiger partial charge in [-0.25, -0.2) is 0 Å². The van der Waals surface area contributed by atoms with Gasteiger partial charge >= 0.3 is 0 Å². The molecule has 1 aliphatic heterocycles. The monoisotopic (exact) mass is 322 g/mol. The molecule has 4 heteroatoms. The predicted molar refractivity (Wildman–Crippen MR) is 95.0 cm³/mol. The Balaban J connectivity index is 1.48. The fourth-order valence-electron chi connectivity index (χ4n) is 3.44. The van der Waals surface area contributed by atoms with Crippen LogP contribution >= 0.6 is 0 Å². The average Bonchev–Trinajstić information content (AvgIpc) is 3.06. The summed E-state index contributed by atoms with van der Waals surface area (Å²) in [6.45, 7) is 0.762. The standard InChI is InChI=1S/C20H22N2O2/c21-18-6-4-15(18)12-20(23)22-17-3-1-2-13(11-17)14-5-7-19-16(10-14)8-9-24-19/h1-3,5,7,10-11,15,18H,4,6,8-9,12,21H2,(H,22,23). The zero-order chi connectivity index (χ0) is 16.5. The highest BCUT2D eigenvalue weighted by molar-refractivity contribution is 5.91. The molecule has 4 nitrogen and oxygen atoms in total. The quantitative estimate of drug-likeness (QED) is 0.907. The van der Waals surface area contributed by atoms with Gasteiger partial charge in [-0.3, -0.25) is 4.79 Å². The normalized spacial score (nSPS) is 21.5. The van der Waals surface area contributed by atoms with Crippen molar-refractivity contribution in [1.82, 2.24) is 0 Å². The van der Waals surface area contributed by atoms with Gasteiger partial charge in [-0.05, 0) is 59.7 Å². The zero-order valence-corrected chi connectivity index (χ0v) is 13.6. The highest BCUT2D eigenvalue weighted by Gasteiger charge is 2.29. The first-order valence-corrected chi connectivity index (χ1v) is 8.60. The van der Waals surface area contributed by atoms with Crippen molar-refractivity contribution < 1.29 is 9.53 Å². The molecule has 1 amide bonds. The van der Waals surface area contributed by atoms with Crippen LogP contribution in [0.5, 0.6) is 5.75 Å². The summed E-state index contributed by atoms with van der Waals surface area (Å²) >= 11 is 0. The third-order valence-corrected chi connectivity index (χ3v) is 5.09. The number of fused-ring (bicyclic) bond motifs is 1. The van der Waals surface area contributed by atoms with Crippen molar-refractivity contribution in [2.75, 3.05) is 11.9 Å². The summed E-state index contributed by atoms with van der Waals surface area (Å²) < 4.78 is 5.56. The first-order valence-electron chi connectivity index (χ1n) is 8.60. The number of hydrogen-bond donors (Lipinski definition) is 2. The van der Waals surface area contributed by atoms with Gasteiger partial charge in [0, 0.05) is 24.6 Å². The number of amides is 1. The van der Waals surface area contributed by atoms with Crippen molar-refractivity contribution in [3.8, 4) is 16.9 Å². The number of nitrogens with two attached hydrogens (primary N) is 1. The van der Waals surface area contributed by atoms with Crippen molar-refractivity contribution in [1.29, 1.82) is 0 Å². The predicted octanol–water partition coefficient (Wildman–Crippen LogP) is 3.35. The molecule has 1 aliphatic carbocycles. The molecule has 0 saturated heterocycles. The van der Waals surface area contributed by atoms with E-state index in [4.69, 9.17) is 10.5 Å². The van der Waals surface area contributed by atoms with Crippen molar-refractivity contribution in [3.63, 3.8) is 0 Å². The third kappa shape index (κ3) is 3.02. The molecule has 3 N–H and O–H groups in total. The van der Waals surface area contributed by atoms with Gasteiger partial charge in [-0.2, -0.15) is 0 Å². The number of hydrogen-bond acceptors (Lipinski definition) is 3. The van der Waals surface area contributed by atoms with E-state index in [9.17, 15) is 4.79 Å². The number of nitrogens with one attached hydrogen (secondary N) is 1. The first-order chi connectivity index (χ1) is 11.7. The van der Waals surface area contributed by atoms with Crippen LogP contribution in [0, 0.1) is 5.92 Å². The molecule has 2 aromatic carbocycles. The molecule has 24 heavy (non-hydrogen) atoms. The Morgan fingerprint density at radius 1 is 1.17 bits per heavy atom. The van der Waals surface area contributed by atoms with E-state index in [1.807, 2.05) is 24.3 Å². The second-order valence-electron chi connectivity index (χ2n) is 6.76. The van der Waals surface area contributed by atoms with Gasteiger partial charge in [0.2, 0.25) is 5.91 Å². The fourth-order valence-corrected chi connectivity index (χ4v) is 3.44. The van der Waals surface area contributed by atoms with E-state index in [2.05, 4.69) is 23.5 Å². The zero-order valence-electron chi connectivity index (χ0n) is 13.6. The van der Waals surface area contributed by atoms with E-state index >= 15 is 0 Å². The van der Waals surface area contributed by atoms with Gasteiger partial charge in [0.05, 0.1) is 6.61 Å². The lowest BCUT2D eigenvalue weighted by Crippen LogP contribution is -2.41. The maximum Gasteiger partial charge on any atom is 0.224 e. The molecule has 2 atom stereocenters. The van der Waals surface area contributed by atoms with Crippen LogP contribution in [0.25, 0.3) is 11.1 Å². The molecule has 0 bridgehead atoms. The maximum absolute atomic E-state index is 12.2. The van der Waals surface area contributed by atoms with Crippen molar-refractivity contribution in [2.45, 2.75) is 31.7 Å². The molecule has 1 heterocycles. The molecule has 2 aliphatic rings. The summed E-state index contributed by atoms with van der Waals surface area (Å²) in [5.74, 6) is 1.37. The molecule has 1 fully saturated rings. The van der Waals surface area contributed by atoms with Crippen LogP contribution in [0.3, 0.4) is 0 Å². The van der Waals surface area contributed by atoms with Gasteiger partial charge in [-0.15, -0.1) is 0 Å². The molecular weight excluding hydrogens is 300 g/mol. The van der Waals surface area contributed by atoms with Crippen LogP contribution in [-0.4, -0.2) is 18.6 Å². The molecule has 0 aromatic heterocycles. The van der Waals surface area contributed by atoms with E-state index in [-0.39, 0.29) is 11.9 Å². The minimum atomic E-state index is 0.0506. The number of rotatable bonds is 4. The topological polar surface area (TPSA) is 64.4 Å². The summed E-state index contributed by atoms with van der Waals surface area (Å²) in [5, 5.41) is 3.00. The number of benzene rings is 2. The van der Waals surface area contributed by atoms with Gasteiger partial charge in [0.15, 0.2) is 0 Å². The van der Waals surface area contributed by atoms with E-state index in [0.29, 0.717) is 12.3 Å². The summed E-state index contributed by atoms with van der Waals surface area (Å²) in [5.41, 5.74) is 10.3. The summed E-state index contributed by atoms with van der Waals surface area (Å²) in [7, 11) is 0. The SMILES string of the molecule is NC1CCC1CC(=O)Nc1cccc(-c2ccc3c(c2)CCO3)c1. The molecule has 4 rings (SSSR count). The molecule has 0 radical (unpaired) electrons. The van der Waals surface area contributed by atoms with E-state index < -0.39 is 0 Å². The molecule has 1 saturated carbocycles. The third-order valence-electron chi connectivity index (χ3n) is 5.09. The minimum absolute atomic E-state index is 0.0506. The average molecular weight is 322 g/mol. The van der Waals surface area contributed by atoms with Crippen molar-refractivity contribution in [2.24, 2.45) is 11.7 Å². The summed E-state index contributed by atoms with van der Waals surface area (Å²) in [6.07, 6.45) is 3.57. The molecule has 124 valence electrons. The lowest BCUT2D eigenvalue weighted by atomic mass is 9.78. The van der Waals surface area contributed by atoms with Crippen LogP contribution in [0.1, 0.15) is 24.8 Å². The van der Waals surface area contributed by atoms with Crippen LogP contribution < -0.4 is 15.8 Å². The number of carbonyl (C=O) groups excluding carboxylic acids is 1. The van der Waals surface area contributed by atoms with E-state index in [1.165, 1.54) is 5.56 Å². The summed E-state index contributed by atoms with van der Waals surface area (Å²) in [4.78, 5) is 12.2.